The van der Waals surface area contributed by atoms with Crippen LogP contribution in [-0.4, -0.2) is 63.3 Å². The number of rotatable bonds is 7. The fourth-order valence-electron chi connectivity index (χ4n) is 2.88. The molecule has 144 valence electrons. The Morgan fingerprint density at radius 3 is 2.19 bits per heavy atom. The third-order valence-electron chi connectivity index (χ3n) is 4.25. The van der Waals surface area contributed by atoms with Gasteiger partial charge in [0.15, 0.2) is 0 Å². The number of nitrogens with one attached hydrogen (secondary N) is 1. The summed E-state index contributed by atoms with van der Waals surface area (Å²) in [6, 6.07) is 4.38. The lowest BCUT2D eigenvalue weighted by Gasteiger charge is -2.31. The van der Waals surface area contributed by atoms with Gasteiger partial charge in [-0.3, -0.25) is 9.59 Å². The van der Waals surface area contributed by atoms with Crippen molar-refractivity contribution < 1.29 is 23.8 Å². The summed E-state index contributed by atoms with van der Waals surface area (Å²) in [5.74, 6) is 0.925. The molecule has 2 amide bonds. The molecule has 1 atom stereocenters. The van der Waals surface area contributed by atoms with Crippen LogP contribution < -0.4 is 14.8 Å². The van der Waals surface area contributed by atoms with Crippen molar-refractivity contribution in [2.45, 2.75) is 26.3 Å². The second kappa shape index (κ2) is 9.43. The van der Waals surface area contributed by atoms with Crippen molar-refractivity contribution >= 4 is 11.8 Å². The number of hydrogen-bond donors (Lipinski definition) is 1. The van der Waals surface area contributed by atoms with E-state index in [4.69, 9.17) is 14.2 Å². The Morgan fingerprint density at radius 1 is 1.12 bits per heavy atom. The highest BCUT2D eigenvalue weighted by Crippen LogP contribution is 2.22. The number of hydrogen-bond acceptors (Lipinski definition) is 5. The van der Waals surface area contributed by atoms with Crippen LogP contribution in [0.4, 0.5) is 0 Å². The van der Waals surface area contributed by atoms with Gasteiger partial charge < -0.3 is 24.4 Å². The van der Waals surface area contributed by atoms with Crippen molar-refractivity contribution in [3.63, 3.8) is 0 Å². The van der Waals surface area contributed by atoms with Crippen molar-refractivity contribution in [3.8, 4) is 11.5 Å². The van der Waals surface area contributed by atoms with Gasteiger partial charge in [-0.1, -0.05) is 13.8 Å². The summed E-state index contributed by atoms with van der Waals surface area (Å²) in [6.45, 7) is 6.22. The van der Waals surface area contributed by atoms with Crippen LogP contribution in [0.25, 0.3) is 0 Å². The van der Waals surface area contributed by atoms with Crippen LogP contribution >= 0.6 is 0 Å². The third-order valence-corrected chi connectivity index (χ3v) is 4.25. The van der Waals surface area contributed by atoms with E-state index in [0.29, 0.717) is 49.8 Å². The van der Waals surface area contributed by atoms with Crippen molar-refractivity contribution in [3.05, 3.63) is 23.8 Å². The quantitative estimate of drug-likeness (QED) is 0.797. The van der Waals surface area contributed by atoms with Gasteiger partial charge in [-0.2, -0.15) is 0 Å². The minimum Gasteiger partial charge on any atom is -0.497 e. The molecule has 0 bridgehead atoms. The number of amides is 2. The van der Waals surface area contributed by atoms with Gasteiger partial charge in [-0.15, -0.1) is 0 Å². The molecular formula is C19H28N2O5. The first-order valence-corrected chi connectivity index (χ1v) is 8.85. The molecule has 2 rings (SSSR count). The maximum absolute atomic E-state index is 12.9. The number of morpholine rings is 1. The molecule has 1 fully saturated rings. The van der Waals surface area contributed by atoms with Crippen molar-refractivity contribution in [1.82, 2.24) is 10.2 Å². The Hall–Kier alpha value is -2.28. The second-order valence-corrected chi connectivity index (χ2v) is 6.69. The highest BCUT2D eigenvalue weighted by Gasteiger charge is 2.28. The van der Waals surface area contributed by atoms with E-state index in [1.807, 2.05) is 13.8 Å². The summed E-state index contributed by atoms with van der Waals surface area (Å²) in [5.41, 5.74) is 0.393. The first-order valence-electron chi connectivity index (χ1n) is 8.85. The van der Waals surface area contributed by atoms with Crippen LogP contribution in [0.5, 0.6) is 11.5 Å². The lowest BCUT2D eigenvalue weighted by Crippen LogP contribution is -2.52. The van der Waals surface area contributed by atoms with Crippen LogP contribution in [0, 0.1) is 5.92 Å². The smallest absolute Gasteiger partial charge is 0.252 e. The van der Waals surface area contributed by atoms with Gasteiger partial charge in [-0.05, 0) is 24.5 Å². The number of nitrogens with zero attached hydrogens (tertiary/aromatic N) is 1. The maximum atomic E-state index is 12.9. The van der Waals surface area contributed by atoms with Crippen LogP contribution in [0.3, 0.4) is 0 Å². The molecular weight excluding hydrogens is 336 g/mol. The minimum absolute atomic E-state index is 0.0646. The van der Waals surface area contributed by atoms with Crippen LogP contribution in [-0.2, 0) is 9.53 Å². The Balaban J connectivity index is 2.16. The Kier molecular flexibility index (Phi) is 7.26. The van der Waals surface area contributed by atoms with Gasteiger partial charge in [0, 0.05) is 24.7 Å². The molecule has 7 nitrogen and oxygen atoms in total. The lowest BCUT2D eigenvalue weighted by atomic mass is 10.0. The third kappa shape index (κ3) is 5.36. The Labute approximate surface area is 154 Å². The van der Waals surface area contributed by atoms with E-state index in [2.05, 4.69) is 5.32 Å². The van der Waals surface area contributed by atoms with Crippen molar-refractivity contribution in [1.29, 1.82) is 0 Å². The first kappa shape index (κ1) is 20.0. The zero-order valence-corrected chi connectivity index (χ0v) is 15.9. The van der Waals surface area contributed by atoms with Crippen LogP contribution in [0.15, 0.2) is 18.2 Å². The number of carbonyl (C=O) groups is 2. The second-order valence-electron chi connectivity index (χ2n) is 6.69. The topological polar surface area (TPSA) is 77.1 Å². The molecule has 0 saturated carbocycles. The molecule has 0 unspecified atom stereocenters. The molecule has 1 N–H and O–H groups in total. The standard InChI is InChI=1S/C19H28N2O5/c1-13(2)9-17(19(23)21-5-7-26-8-6-21)20-18(22)14-10-15(24-3)12-16(11-14)25-4/h10-13,17H,5-9H2,1-4H3,(H,20,22)/t17-/m0/s1. The van der Waals surface area contributed by atoms with E-state index in [1.165, 1.54) is 14.2 Å². The molecule has 7 heteroatoms. The van der Waals surface area contributed by atoms with Crippen LogP contribution in [0.1, 0.15) is 30.6 Å². The predicted molar refractivity (Wildman–Crippen MR) is 97.7 cm³/mol. The molecule has 0 spiro atoms. The molecule has 1 aliphatic heterocycles. The van der Waals surface area contributed by atoms with E-state index >= 15 is 0 Å². The van der Waals surface area contributed by atoms with Gasteiger partial charge in [0.25, 0.3) is 5.91 Å². The average Bonchev–Trinajstić information content (AvgIpc) is 2.66. The summed E-state index contributed by atoms with van der Waals surface area (Å²) in [7, 11) is 3.06. The highest BCUT2D eigenvalue weighted by molar-refractivity contribution is 5.98. The van der Waals surface area contributed by atoms with Gasteiger partial charge in [-0.25, -0.2) is 0 Å². The summed E-state index contributed by atoms with van der Waals surface area (Å²) in [6.07, 6.45) is 0.572. The summed E-state index contributed by atoms with van der Waals surface area (Å²) in [4.78, 5) is 27.3. The zero-order valence-electron chi connectivity index (χ0n) is 15.9. The average molecular weight is 364 g/mol. The first-order chi connectivity index (χ1) is 12.4. The number of ether oxygens (including phenoxy) is 3. The largest absolute Gasteiger partial charge is 0.497 e. The highest BCUT2D eigenvalue weighted by atomic mass is 16.5. The monoisotopic (exact) mass is 364 g/mol. The molecule has 1 aromatic rings. The maximum Gasteiger partial charge on any atom is 0.252 e. The molecule has 0 radical (unpaired) electrons. The number of benzene rings is 1. The fraction of sp³-hybridized carbons (Fsp3) is 0.579. The predicted octanol–water partition coefficient (Wildman–Crippen LogP) is 1.71. The normalized spacial score (nSPS) is 15.5. The van der Waals surface area contributed by atoms with Gasteiger partial charge >= 0.3 is 0 Å². The number of methoxy groups -OCH3 is 2. The summed E-state index contributed by atoms with van der Waals surface area (Å²) in [5, 5.41) is 2.88. The molecule has 1 aliphatic rings. The van der Waals surface area contributed by atoms with E-state index in [-0.39, 0.29) is 17.7 Å². The molecule has 1 saturated heterocycles. The van der Waals surface area contributed by atoms with Gasteiger partial charge in [0.1, 0.15) is 17.5 Å². The number of carbonyl (C=O) groups excluding carboxylic acids is 2. The van der Waals surface area contributed by atoms with Gasteiger partial charge in [0.05, 0.1) is 27.4 Å². The van der Waals surface area contributed by atoms with E-state index < -0.39 is 6.04 Å². The summed E-state index contributed by atoms with van der Waals surface area (Å²) >= 11 is 0. The molecule has 0 aromatic heterocycles. The van der Waals surface area contributed by atoms with Crippen molar-refractivity contribution in [2.75, 3.05) is 40.5 Å². The molecule has 1 heterocycles. The van der Waals surface area contributed by atoms with E-state index in [1.54, 1.807) is 23.1 Å². The Bertz CT molecular complexity index is 604. The fourth-order valence-corrected chi connectivity index (χ4v) is 2.88. The van der Waals surface area contributed by atoms with E-state index in [0.717, 1.165) is 0 Å². The van der Waals surface area contributed by atoms with E-state index in [9.17, 15) is 9.59 Å². The molecule has 0 aliphatic carbocycles. The van der Waals surface area contributed by atoms with Gasteiger partial charge in [0.2, 0.25) is 5.91 Å². The zero-order chi connectivity index (χ0) is 19.1. The minimum atomic E-state index is -0.571. The van der Waals surface area contributed by atoms with Crippen LogP contribution in [0.2, 0.25) is 0 Å². The van der Waals surface area contributed by atoms with Crippen molar-refractivity contribution in [2.24, 2.45) is 5.92 Å². The Morgan fingerprint density at radius 2 is 1.69 bits per heavy atom. The molecule has 1 aromatic carbocycles. The lowest BCUT2D eigenvalue weighted by molar-refractivity contribution is -0.137. The molecule has 26 heavy (non-hydrogen) atoms. The summed E-state index contributed by atoms with van der Waals surface area (Å²) < 4.78 is 15.7. The SMILES string of the molecule is COc1cc(OC)cc(C(=O)N[C@@H](CC(C)C)C(=O)N2CCOCC2)c1.